The number of rotatable bonds is 4. The van der Waals surface area contributed by atoms with Crippen LogP contribution in [0, 0.1) is 6.92 Å². The summed E-state index contributed by atoms with van der Waals surface area (Å²) >= 11 is 0. The number of amides is 3. The minimum Gasteiger partial charge on any atom is -0.323 e. The Labute approximate surface area is 148 Å². The predicted octanol–water partition coefficient (Wildman–Crippen LogP) is 1.76. The summed E-state index contributed by atoms with van der Waals surface area (Å²) in [7, 11) is 0. The molecular weight excluding hydrogens is 318 g/mol. The first kappa shape index (κ1) is 16.6. The Bertz CT molecular complexity index is 664. The Morgan fingerprint density at radius 3 is 2.76 bits per heavy atom. The number of likely N-dealkylation sites (tertiary alicyclic amines) is 1. The Morgan fingerprint density at radius 1 is 1.24 bits per heavy atom. The van der Waals surface area contributed by atoms with Crippen molar-refractivity contribution in [3.63, 3.8) is 0 Å². The first-order chi connectivity index (χ1) is 12.1. The summed E-state index contributed by atoms with van der Waals surface area (Å²) < 4.78 is 0. The van der Waals surface area contributed by atoms with Crippen molar-refractivity contribution in [2.24, 2.45) is 0 Å². The van der Waals surface area contributed by atoms with Gasteiger partial charge >= 0.3 is 6.03 Å². The van der Waals surface area contributed by atoms with Crippen molar-refractivity contribution in [3.05, 3.63) is 17.5 Å². The number of urea groups is 1. The number of nitrogens with zero attached hydrogens (tertiary/aromatic N) is 3. The number of aryl methyl sites for hydroxylation is 1. The van der Waals surface area contributed by atoms with E-state index in [0.717, 1.165) is 69.5 Å². The molecule has 0 aromatic carbocycles. The molecule has 0 bridgehead atoms. The lowest BCUT2D eigenvalue weighted by molar-refractivity contribution is -0.131. The molecular formula is C18H27N5O2. The maximum atomic E-state index is 12.7. The second-order valence-corrected chi connectivity index (χ2v) is 7.79. The molecule has 25 heavy (non-hydrogen) atoms. The molecule has 3 aliphatic rings. The molecule has 1 aromatic heterocycles. The second-order valence-electron chi connectivity index (χ2n) is 7.79. The zero-order chi connectivity index (χ0) is 17.4. The van der Waals surface area contributed by atoms with Crippen molar-refractivity contribution in [1.82, 2.24) is 25.3 Å². The fourth-order valence-electron chi connectivity index (χ4n) is 4.59. The Kier molecular flexibility index (Phi) is 4.27. The Morgan fingerprint density at radius 2 is 2.04 bits per heavy atom. The van der Waals surface area contributed by atoms with Gasteiger partial charge in [-0.25, -0.2) is 4.79 Å². The van der Waals surface area contributed by atoms with E-state index in [9.17, 15) is 9.59 Å². The molecule has 7 heteroatoms. The van der Waals surface area contributed by atoms with Gasteiger partial charge in [-0.1, -0.05) is 12.8 Å². The largest absolute Gasteiger partial charge is 0.325 e. The van der Waals surface area contributed by atoms with Crippen LogP contribution in [0.25, 0.3) is 0 Å². The van der Waals surface area contributed by atoms with Crippen LogP contribution in [0.15, 0.2) is 6.07 Å². The summed E-state index contributed by atoms with van der Waals surface area (Å²) in [6.07, 6.45) is 5.90. The van der Waals surface area contributed by atoms with Gasteiger partial charge in [0.25, 0.3) is 5.91 Å². The monoisotopic (exact) mass is 345 g/mol. The second kappa shape index (κ2) is 6.44. The highest BCUT2D eigenvalue weighted by atomic mass is 16.2. The van der Waals surface area contributed by atoms with Crippen LogP contribution in [0.3, 0.4) is 0 Å². The van der Waals surface area contributed by atoms with Crippen LogP contribution in [0.2, 0.25) is 0 Å². The van der Waals surface area contributed by atoms with E-state index in [0.29, 0.717) is 12.5 Å². The van der Waals surface area contributed by atoms with Crippen LogP contribution in [0.5, 0.6) is 0 Å². The number of hydrogen-bond donors (Lipinski definition) is 2. The smallest absolute Gasteiger partial charge is 0.323 e. The van der Waals surface area contributed by atoms with Crippen molar-refractivity contribution in [3.8, 4) is 0 Å². The van der Waals surface area contributed by atoms with Crippen molar-refractivity contribution in [1.29, 1.82) is 0 Å². The summed E-state index contributed by atoms with van der Waals surface area (Å²) in [5.74, 6) is 0.425. The normalized spacial score (nSPS) is 26.6. The molecule has 1 aliphatic carbocycles. The van der Waals surface area contributed by atoms with E-state index in [4.69, 9.17) is 0 Å². The van der Waals surface area contributed by atoms with Gasteiger partial charge in [-0.2, -0.15) is 5.10 Å². The van der Waals surface area contributed by atoms with Crippen molar-refractivity contribution in [2.45, 2.75) is 56.9 Å². The molecule has 3 amide bonds. The van der Waals surface area contributed by atoms with Crippen LogP contribution in [0.1, 0.15) is 55.8 Å². The third-order valence-corrected chi connectivity index (χ3v) is 5.99. The molecule has 0 radical (unpaired) electrons. The molecule has 3 heterocycles. The van der Waals surface area contributed by atoms with Crippen LogP contribution in [-0.2, 0) is 4.79 Å². The molecule has 3 fully saturated rings. The molecule has 2 aliphatic heterocycles. The van der Waals surface area contributed by atoms with E-state index < -0.39 is 5.54 Å². The number of piperidine rings is 1. The van der Waals surface area contributed by atoms with E-state index in [1.165, 1.54) is 4.90 Å². The lowest BCUT2D eigenvalue weighted by Crippen LogP contribution is -2.45. The van der Waals surface area contributed by atoms with Crippen molar-refractivity contribution >= 4 is 11.9 Å². The average Bonchev–Trinajstić information content (AvgIpc) is 3.29. The highest BCUT2D eigenvalue weighted by Crippen LogP contribution is 2.35. The first-order valence-corrected chi connectivity index (χ1v) is 9.46. The zero-order valence-electron chi connectivity index (χ0n) is 14.9. The molecule has 4 rings (SSSR count). The summed E-state index contributed by atoms with van der Waals surface area (Å²) in [5, 5.41) is 10.4. The SMILES string of the molecule is Cc1cc([C@H]2CCCN(CCN3C(=O)NC4(CCCC4)C3=O)C2)n[nH]1. The highest BCUT2D eigenvalue weighted by molar-refractivity contribution is 6.07. The summed E-state index contributed by atoms with van der Waals surface area (Å²) in [5.41, 5.74) is 1.63. The van der Waals surface area contributed by atoms with E-state index in [-0.39, 0.29) is 11.9 Å². The third-order valence-electron chi connectivity index (χ3n) is 5.99. The average molecular weight is 345 g/mol. The van der Waals surface area contributed by atoms with Gasteiger partial charge in [0.15, 0.2) is 0 Å². The molecule has 2 saturated heterocycles. The molecule has 1 atom stereocenters. The maximum absolute atomic E-state index is 12.7. The number of H-pyrrole nitrogens is 1. The minimum absolute atomic E-state index is 0.00788. The lowest BCUT2D eigenvalue weighted by atomic mass is 9.94. The highest BCUT2D eigenvalue weighted by Gasteiger charge is 2.52. The van der Waals surface area contributed by atoms with Crippen molar-refractivity contribution < 1.29 is 9.59 Å². The first-order valence-electron chi connectivity index (χ1n) is 9.46. The minimum atomic E-state index is -0.589. The molecule has 136 valence electrons. The van der Waals surface area contributed by atoms with E-state index in [1.54, 1.807) is 0 Å². The molecule has 1 saturated carbocycles. The van der Waals surface area contributed by atoms with Gasteiger partial charge in [0.05, 0.1) is 5.69 Å². The lowest BCUT2D eigenvalue weighted by Gasteiger charge is -2.32. The zero-order valence-corrected chi connectivity index (χ0v) is 14.9. The molecule has 2 N–H and O–H groups in total. The van der Waals surface area contributed by atoms with Gasteiger partial charge in [0.2, 0.25) is 0 Å². The summed E-state index contributed by atoms with van der Waals surface area (Å²) in [4.78, 5) is 28.8. The van der Waals surface area contributed by atoms with E-state index in [2.05, 4.69) is 26.5 Å². The van der Waals surface area contributed by atoms with Crippen LogP contribution in [-0.4, -0.2) is 63.7 Å². The number of imide groups is 1. The standard InChI is InChI=1S/C18H27N5O2/c1-13-11-15(21-20-13)14-5-4-8-22(12-14)9-10-23-16(24)18(19-17(23)25)6-2-3-7-18/h11,14H,2-10,12H2,1H3,(H,19,25)(H,20,21)/t14-/m0/s1. The summed E-state index contributed by atoms with van der Waals surface area (Å²) in [6, 6.07) is 1.92. The summed E-state index contributed by atoms with van der Waals surface area (Å²) in [6.45, 7) is 5.22. The number of carbonyl (C=O) groups excluding carboxylic acids is 2. The Hall–Kier alpha value is -1.89. The quantitative estimate of drug-likeness (QED) is 0.815. The van der Waals surface area contributed by atoms with E-state index in [1.807, 2.05) is 6.92 Å². The molecule has 0 unspecified atom stereocenters. The van der Waals surface area contributed by atoms with Gasteiger partial charge in [-0.05, 0) is 45.2 Å². The Balaban J connectivity index is 1.35. The molecule has 1 aromatic rings. The van der Waals surface area contributed by atoms with Crippen LogP contribution in [0.4, 0.5) is 4.79 Å². The van der Waals surface area contributed by atoms with Crippen molar-refractivity contribution in [2.75, 3.05) is 26.2 Å². The fraction of sp³-hybridized carbons (Fsp3) is 0.722. The third kappa shape index (κ3) is 3.05. The predicted molar refractivity (Wildman–Crippen MR) is 93.2 cm³/mol. The number of nitrogens with one attached hydrogen (secondary N) is 2. The number of hydrogen-bond acceptors (Lipinski definition) is 4. The van der Waals surface area contributed by atoms with Crippen LogP contribution < -0.4 is 5.32 Å². The maximum Gasteiger partial charge on any atom is 0.325 e. The molecule has 1 spiro atoms. The topological polar surface area (TPSA) is 81.3 Å². The number of aromatic nitrogens is 2. The molecule has 7 nitrogen and oxygen atoms in total. The van der Waals surface area contributed by atoms with Gasteiger partial charge in [-0.15, -0.1) is 0 Å². The van der Waals surface area contributed by atoms with Gasteiger partial charge in [0, 0.05) is 31.2 Å². The number of aromatic amines is 1. The van der Waals surface area contributed by atoms with Gasteiger partial charge < -0.3 is 10.2 Å². The van der Waals surface area contributed by atoms with Gasteiger partial charge in [-0.3, -0.25) is 14.8 Å². The number of carbonyl (C=O) groups is 2. The fourth-order valence-corrected chi connectivity index (χ4v) is 4.59. The van der Waals surface area contributed by atoms with Crippen LogP contribution >= 0.6 is 0 Å². The van der Waals surface area contributed by atoms with Gasteiger partial charge in [0.1, 0.15) is 5.54 Å². The van der Waals surface area contributed by atoms with E-state index >= 15 is 0 Å².